The third-order valence-electron chi connectivity index (χ3n) is 5.51. The molecule has 0 spiro atoms. The van der Waals surface area contributed by atoms with Crippen LogP contribution in [0, 0.1) is 0 Å². The first kappa shape index (κ1) is 19.9. The van der Waals surface area contributed by atoms with Crippen molar-refractivity contribution >= 4 is 16.9 Å². The van der Waals surface area contributed by atoms with Gasteiger partial charge in [0.25, 0.3) is 5.56 Å². The number of pyridine rings is 1. The molecular weight excluding hydrogens is 384 g/mol. The molecule has 0 aliphatic heterocycles. The number of nitrogens with zero attached hydrogens (tertiary/aromatic N) is 3. The van der Waals surface area contributed by atoms with Crippen LogP contribution >= 0.6 is 0 Å². The maximum Gasteiger partial charge on any atom is 0.332 e. The third-order valence-corrected chi connectivity index (χ3v) is 5.51. The number of aromatic nitrogens is 3. The molecule has 4 rings (SSSR count). The molecule has 1 aromatic carbocycles. The summed E-state index contributed by atoms with van der Waals surface area (Å²) < 4.78 is 7.61. The fourth-order valence-electron chi connectivity index (χ4n) is 3.94. The van der Waals surface area contributed by atoms with Gasteiger partial charge in [-0.15, -0.1) is 0 Å². The summed E-state index contributed by atoms with van der Waals surface area (Å²) in [6.45, 7) is -0.0706. The van der Waals surface area contributed by atoms with Gasteiger partial charge in [-0.05, 0) is 42.7 Å². The second-order valence-electron chi connectivity index (χ2n) is 7.53. The maximum atomic E-state index is 13.2. The highest BCUT2D eigenvalue weighted by Crippen LogP contribution is 2.17. The fourth-order valence-corrected chi connectivity index (χ4v) is 3.94. The standard InChI is InChI=1S/C22H24N4O4/c1-30-17-10-8-15(9-11-17)13-26-21(28)20-18(7-4-12-23-20)25(22(26)29)14-19(27)24-16-5-2-3-6-16/h4,7-12,16H,2-3,5-6,13-14H2,1H3,(H,24,27). The van der Waals surface area contributed by atoms with Crippen molar-refractivity contribution in [1.82, 2.24) is 19.4 Å². The Hall–Kier alpha value is -3.42. The average Bonchev–Trinajstić information content (AvgIpc) is 3.27. The molecule has 1 fully saturated rings. The summed E-state index contributed by atoms with van der Waals surface area (Å²) >= 11 is 0. The number of methoxy groups -OCH3 is 1. The summed E-state index contributed by atoms with van der Waals surface area (Å²) in [5.74, 6) is 0.455. The Morgan fingerprint density at radius 1 is 1.13 bits per heavy atom. The molecule has 30 heavy (non-hydrogen) atoms. The normalized spacial score (nSPS) is 14.2. The quantitative estimate of drug-likeness (QED) is 0.670. The molecule has 0 radical (unpaired) electrons. The van der Waals surface area contributed by atoms with Crippen molar-refractivity contribution < 1.29 is 9.53 Å². The van der Waals surface area contributed by atoms with Crippen molar-refractivity contribution in [2.75, 3.05) is 7.11 Å². The van der Waals surface area contributed by atoms with Gasteiger partial charge in [0.1, 0.15) is 12.3 Å². The Morgan fingerprint density at radius 2 is 1.87 bits per heavy atom. The molecule has 2 heterocycles. The van der Waals surface area contributed by atoms with Gasteiger partial charge in [0.2, 0.25) is 5.91 Å². The van der Waals surface area contributed by atoms with Crippen LogP contribution in [0.3, 0.4) is 0 Å². The number of hydrogen-bond donors (Lipinski definition) is 1. The van der Waals surface area contributed by atoms with Gasteiger partial charge in [-0.25, -0.2) is 9.78 Å². The van der Waals surface area contributed by atoms with Crippen molar-refractivity contribution in [3.05, 3.63) is 69.0 Å². The highest BCUT2D eigenvalue weighted by molar-refractivity contribution is 5.79. The molecule has 3 aromatic rings. The van der Waals surface area contributed by atoms with Crippen LogP contribution in [-0.4, -0.2) is 33.2 Å². The van der Waals surface area contributed by atoms with Gasteiger partial charge in [0.05, 0.1) is 19.2 Å². The molecule has 1 amide bonds. The number of ether oxygens (including phenoxy) is 1. The van der Waals surface area contributed by atoms with Crippen LogP contribution in [0.5, 0.6) is 5.75 Å². The van der Waals surface area contributed by atoms with Crippen LogP contribution in [0.4, 0.5) is 0 Å². The number of hydrogen-bond acceptors (Lipinski definition) is 5. The Labute approximate surface area is 173 Å². The van der Waals surface area contributed by atoms with Crippen molar-refractivity contribution in [3.8, 4) is 5.75 Å². The van der Waals surface area contributed by atoms with Crippen LogP contribution in [0.2, 0.25) is 0 Å². The average molecular weight is 408 g/mol. The Morgan fingerprint density at radius 3 is 2.57 bits per heavy atom. The molecule has 0 atom stereocenters. The van der Waals surface area contributed by atoms with E-state index in [4.69, 9.17) is 4.74 Å². The van der Waals surface area contributed by atoms with Crippen LogP contribution in [0.25, 0.3) is 11.0 Å². The number of fused-ring (bicyclic) bond motifs is 1. The first-order chi connectivity index (χ1) is 14.6. The number of nitrogens with one attached hydrogen (secondary N) is 1. The van der Waals surface area contributed by atoms with Crippen LogP contribution < -0.4 is 21.3 Å². The first-order valence-corrected chi connectivity index (χ1v) is 10.1. The molecule has 8 nitrogen and oxygen atoms in total. The van der Waals surface area contributed by atoms with E-state index in [-0.39, 0.29) is 30.6 Å². The lowest BCUT2D eigenvalue weighted by Crippen LogP contribution is -2.44. The van der Waals surface area contributed by atoms with E-state index < -0.39 is 11.2 Å². The number of amides is 1. The van der Waals surface area contributed by atoms with Crippen molar-refractivity contribution in [2.24, 2.45) is 0 Å². The van der Waals surface area contributed by atoms with Gasteiger partial charge < -0.3 is 10.1 Å². The number of benzene rings is 1. The molecule has 1 aliphatic carbocycles. The van der Waals surface area contributed by atoms with Crippen molar-refractivity contribution in [3.63, 3.8) is 0 Å². The number of rotatable bonds is 6. The summed E-state index contributed by atoms with van der Waals surface area (Å²) in [4.78, 5) is 42.9. The predicted molar refractivity (Wildman–Crippen MR) is 113 cm³/mol. The minimum Gasteiger partial charge on any atom is -0.497 e. The zero-order chi connectivity index (χ0) is 21.1. The zero-order valence-corrected chi connectivity index (χ0v) is 16.8. The molecule has 0 saturated heterocycles. The van der Waals surface area contributed by atoms with Crippen molar-refractivity contribution in [2.45, 2.75) is 44.8 Å². The second-order valence-corrected chi connectivity index (χ2v) is 7.53. The zero-order valence-electron chi connectivity index (χ0n) is 16.8. The van der Waals surface area contributed by atoms with Gasteiger partial charge >= 0.3 is 5.69 Å². The minimum absolute atomic E-state index is 0.0818. The number of carbonyl (C=O) groups excluding carboxylic acids is 1. The van der Waals surface area contributed by atoms with E-state index in [0.29, 0.717) is 11.3 Å². The topological polar surface area (TPSA) is 95.2 Å². The predicted octanol–water partition coefficient (Wildman–Crippen LogP) is 1.67. The van der Waals surface area contributed by atoms with E-state index >= 15 is 0 Å². The highest BCUT2D eigenvalue weighted by atomic mass is 16.5. The van der Waals surface area contributed by atoms with Gasteiger partial charge in [0.15, 0.2) is 5.52 Å². The summed E-state index contributed by atoms with van der Waals surface area (Å²) in [7, 11) is 1.57. The molecule has 1 N–H and O–H groups in total. The Kier molecular flexibility index (Phi) is 5.65. The van der Waals surface area contributed by atoms with Gasteiger partial charge in [-0.3, -0.25) is 18.7 Å². The first-order valence-electron chi connectivity index (χ1n) is 10.1. The lowest BCUT2D eigenvalue weighted by atomic mass is 10.2. The molecule has 156 valence electrons. The molecule has 8 heteroatoms. The number of carbonyl (C=O) groups is 1. The Balaban J connectivity index is 1.72. The third kappa shape index (κ3) is 3.98. The van der Waals surface area contributed by atoms with E-state index in [0.717, 1.165) is 35.8 Å². The smallest absolute Gasteiger partial charge is 0.332 e. The van der Waals surface area contributed by atoms with Gasteiger partial charge in [-0.2, -0.15) is 0 Å². The summed E-state index contributed by atoms with van der Waals surface area (Å²) in [5, 5.41) is 3.00. The van der Waals surface area contributed by atoms with E-state index in [2.05, 4.69) is 10.3 Å². The lowest BCUT2D eigenvalue weighted by Gasteiger charge is -2.16. The highest BCUT2D eigenvalue weighted by Gasteiger charge is 2.20. The van der Waals surface area contributed by atoms with Gasteiger partial charge in [0, 0.05) is 12.2 Å². The molecular formula is C22H24N4O4. The molecule has 1 saturated carbocycles. The fraction of sp³-hybridized carbons (Fsp3) is 0.364. The van der Waals surface area contributed by atoms with Gasteiger partial charge in [-0.1, -0.05) is 25.0 Å². The molecule has 1 aliphatic rings. The second kappa shape index (κ2) is 8.52. The van der Waals surface area contributed by atoms with E-state index in [9.17, 15) is 14.4 Å². The monoisotopic (exact) mass is 408 g/mol. The van der Waals surface area contributed by atoms with Crippen LogP contribution in [0.1, 0.15) is 31.2 Å². The minimum atomic E-state index is -0.530. The summed E-state index contributed by atoms with van der Waals surface area (Å²) in [6.07, 6.45) is 5.63. The maximum absolute atomic E-state index is 13.2. The van der Waals surface area contributed by atoms with Crippen LogP contribution in [-0.2, 0) is 17.9 Å². The Bertz CT molecular complexity index is 1170. The molecule has 0 unspecified atom stereocenters. The lowest BCUT2D eigenvalue weighted by molar-refractivity contribution is -0.122. The SMILES string of the molecule is COc1ccc(Cn2c(=O)c3ncccc3n(CC(=O)NC3CCCC3)c2=O)cc1. The van der Waals surface area contributed by atoms with E-state index in [1.54, 1.807) is 43.5 Å². The molecule has 2 aromatic heterocycles. The molecule has 0 bridgehead atoms. The van der Waals surface area contributed by atoms with E-state index in [1.165, 1.54) is 10.8 Å². The van der Waals surface area contributed by atoms with E-state index in [1.807, 2.05) is 0 Å². The summed E-state index contributed by atoms with van der Waals surface area (Å²) in [5.41, 5.74) is 0.295. The summed E-state index contributed by atoms with van der Waals surface area (Å²) in [6, 6.07) is 10.6. The van der Waals surface area contributed by atoms with Crippen molar-refractivity contribution in [1.29, 1.82) is 0 Å². The largest absolute Gasteiger partial charge is 0.497 e. The van der Waals surface area contributed by atoms with Crippen LogP contribution in [0.15, 0.2) is 52.2 Å².